The Hall–Kier alpha value is -2.53. The summed E-state index contributed by atoms with van der Waals surface area (Å²) >= 11 is 2.03. The maximum atomic E-state index is 12.8. The molecule has 1 N–H and O–H groups in total. The summed E-state index contributed by atoms with van der Waals surface area (Å²) in [6, 6.07) is 14.5. The van der Waals surface area contributed by atoms with Crippen molar-refractivity contribution in [1.82, 2.24) is 4.98 Å². The number of Topliss-reactive ketones (excluding diaryl/α,β-unsaturated/α-hetero) is 1. The summed E-state index contributed by atoms with van der Waals surface area (Å²) in [4.78, 5) is 17.1. The van der Waals surface area contributed by atoms with Crippen LogP contribution in [0, 0.1) is 3.57 Å². The molecule has 9 heteroatoms. The van der Waals surface area contributed by atoms with Crippen molar-refractivity contribution in [3.8, 4) is 0 Å². The minimum atomic E-state index is -3.92. The molecule has 0 saturated heterocycles. The van der Waals surface area contributed by atoms with Crippen molar-refractivity contribution in [2.75, 3.05) is 5.32 Å². The monoisotopic (exact) mass is 521 g/mol. The van der Waals surface area contributed by atoms with Crippen molar-refractivity contribution in [2.24, 2.45) is 4.40 Å². The van der Waals surface area contributed by atoms with Crippen LogP contribution in [0.15, 0.2) is 74.7 Å². The van der Waals surface area contributed by atoms with E-state index in [0.29, 0.717) is 18.0 Å². The molecule has 0 bridgehead atoms. The first-order chi connectivity index (χ1) is 13.9. The standard InChI is InChI=1S/C20H16IN3O4S/c21-14-6-8-16-18(12-14)29(26,27)24-19(23-16)17(25)9-7-15(20-22-10-11-28-20)13-4-2-1-3-5-13/h1-6,8,10-12,15H,7,9H2,(H,23,24). The molecule has 0 fully saturated rings. The number of nitrogens with one attached hydrogen (secondary N) is 1. The molecule has 1 aromatic heterocycles. The highest BCUT2D eigenvalue weighted by atomic mass is 127. The number of fused-ring (bicyclic) bond motifs is 1. The first kappa shape index (κ1) is 19.8. The lowest BCUT2D eigenvalue weighted by atomic mass is 9.93. The second-order valence-corrected chi connectivity index (χ2v) is 9.29. The molecule has 0 spiro atoms. The van der Waals surface area contributed by atoms with Crippen molar-refractivity contribution in [2.45, 2.75) is 23.7 Å². The van der Waals surface area contributed by atoms with Gasteiger partial charge in [0.25, 0.3) is 10.0 Å². The predicted octanol–water partition coefficient (Wildman–Crippen LogP) is 3.97. The van der Waals surface area contributed by atoms with E-state index in [1.165, 1.54) is 12.3 Å². The van der Waals surface area contributed by atoms with E-state index in [1.807, 2.05) is 52.9 Å². The fourth-order valence-electron chi connectivity index (χ4n) is 3.17. The van der Waals surface area contributed by atoms with Gasteiger partial charge < -0.3 is 9.73 Å². The second-order valence-electron chi connectivity index (χ2n) is 6.48. The van der Waals surface area contributed by atoms with E-state index in [4.69, 9.17) is 4.42 Å². The molecule has 1 aliphatic heterocycles. The molecular formula is C20H16IN3O4S. The first-order valence-electron chi connectivity index (χ1n) is 8.83. The van der Waals surface area contributed by atoms with E-state index in [9.17, 15) is 13.2 Å². The highest BCUT2D eigenvalue weighted by molar-refractivity contribution is 14.1. The largest absolute Gasteiger partial charge is 0.448 e. The van der Waals surface area contributed by atoms with Gasteiger partial charge in [0.05, 0.1) is 17.8 Å². The van der Waals surface area contributed by atoms with Gasteiger partial charge in [0.15, 0.2) is 11.6 Å². The number of hydrogen-bond acceptors (Lipinski definition) is 6. The van der Waals surface area contributed by atoms with Gasteiger partial charge in [-0.2, -0.15) is 8.42 Å². The molecule has 0 amide bonds. The van der Waals surface area contributed by atoms with E-state index in [0.717, 1.165) is 9.13 Å². The lowest BCUT2D eigenvalue weighted by molar-refractivity contribution is -0.113. The smallest absolute Gasteiger partial charge is 0.286 e. The number of oxazole rings is 1. The number of benzene rings is 2. The third-order valence-electron chi connectivity index (χ3n) is 4.56. The van der Waals surface area contributed by atoms with Crippen LogP contribution >= 0.6 is 22.6 Å². The van der Waals surface area contributed by atoms with Gasteiger partial charge in [-0.15, -0.1) is 4.40 Å². The van der Waals surface area contributed by atoms with Crippen molar-refractivity contribution < 1.29 is 17.6 Å². The molecule has 2 heterocycles. The van der Waals surface area contributed by atoms with E-state index >= 15 is 0 Å². The quantitative estimate of drug-likeness (QED) is 0.493. The van der Waals surface area contributed by atoms with Crippen molar-refractivity contribution in [3.63, 3.8) is 0 Å². The van der Waals surface area contributed by atoms with Gasteiger partial charge in [-0.25, -0.2) is 4.98 Å². The van der Waals surface area contributed by atoms with Crippen LogP contribution in [0.3, 0.4) is 0 Å². The van der Waals surface area contributed by atoms with Gasteiger partial charge in [-0.3, -0.25) is 4.79 Å². The topological polar surface area (TPSA) is 102 Å². The van der Waals surface area contributed by atoms with E-state index < -0.39 is 10.0 Å². The number of halogens is 1. The molecule has 1 aliphatic rings. The molecular weight excluding hydrogens is 505 g/mol. The van der Waals surface area contributed by atoms with E-state index in [1.54, 1.807) is 18.3 Å². The van der Waals surface area contributed by atoms with Crippen molar-refractivity contribution in [1.29, 1.82) is 0 Å². The highest BCUT2D eigenvalue weighted by Gasteiger charge is 2.29. The van der Waals surface area contributed by atoms with Crippen LogP contribution in [-0.2, 0) is 14.8 Å². The summed E-state index contributed by atoms with van der Waals surface area (Å²) in [6.45, 7) is 0. The Balaban J connectivity index is 1.55. The number of amidine groups is 1. The normalized spacial score (nSPS) is 15.7. The first-order valence-corrected chi connectivity index (χ1v) is 11.3. The third kappa shape index (κ3) is 4.25. The van der Waals surface area contributed by atoms with Gasteiger partial charge in [0, 0.05) is 9.99 Å². The summed E-state index contributed by atoms with van der Waals surface area (Å²) in [6.07, 6.45) is 3.54. The Morgan fingerprint density at radius 3 is 2.69 bits per heavy atom. The third-order valence-corrected chi connectivity index (χ3v) is 6.55. The summed E-state index contributed by atoms with van der Waals surface area (Å²) in [5.41, 5.74) is 1.32. The zero-order valence-corrected chi connectivity index (χ0v) is 18.1. The second kappa shape index (κ2) is 8.07. The maximum Gasteiger partial charge on any atom is 0.286 e. The Labute approximate surface area is 181 Å². The Kier molecular flexibility index (Phi) is 5.50. The maximum absolute atomic E-state index is 12.8. The zero-order valence-electron chi connectivity index (χ0n) is 15.1. The molecule has 0 radical (unpaired) electrons. The zero-order chi connectivity index (χ0) is 20.4. The summed E-state index contributed by atoms with van der Waals surface area (Å²) in [5, 5.41) is 2.86. The summed E-state index contributed by atoms with van der Waals surface area (Å²) in [7, 11) is -3.92. The van der Waals surface area contributed by atoms with Crippen LogP contribution < -0.4 is 5.32 Å². The average molecular weight is 521 g/mol. The van der Waals surface area contributed by atoms with Crippen LogP contribution in [0.5, 0.6) is 0 Å². The van der Waals surface area contributed by atoms with Gasteiger partial charge in [-0.05, 0) is 52.8 Å². The van der Waals surface area contributed by atoms with Crippen LogP contribution in [0.4, 0.5) is 5.69 Å². The fraction of sp³-hybridized carbons (Fsp3) is 0.150. The average Bonchev–Trinajstić information content (AvgIpc) is 3.23. The molecule has 4 rings (SSSR count). The van der Waals surface area contributed by atoms with Gasteiger partial charge in [-0.1, -0.05) is 30.3 Å². The SMILES string of the molecule is O=C(CCC(c1ccccc1)c1ncco1)C1=NS(=O)(=O)c2cc(I)ccc2N1. The van der Waals surface area contributed by atoms with Crippen LogP contribution in [-0.4, -0.2) is 25.0 Å². The predicted molar refractivity (Wildman–Crippen MR) is 116 cm³/mol. The number of aromatic nitrogens is 1. The molecule has 1 atom stereocenters. The number of nitrogens with zero attached hydrogens (tertiary/aromatic N) is 2. The number of carbonyl (C=O) groups is 1. The number of hydrogen-bond donors (Lipinski definition) is 1. The van der Waals surface area contributed by atoms with Gasteiger partial charge in [0.2, 0.25) is 5.89 Å². The van der Waals surface area contributed by atoms with Crippen LogP contribution in [0.2, 0.25) is 0 Å². The van der Waals surface area contributed by atoms with E-state index in [2.05, 4.69) is 14.7 Å². The van der Waals surface area contributed by atoms with E-state index in [-0.39, 0.29) is 28.9 Å². The summed E-state index contributed by atoms with van der Waals surface area (Å²) < 4.78 is 34.9. The molecule has 3 aromatic rings. The van der Waals surface area contributed by atoms with Crippen LogP contribution in [0.25, 0.3) is 0 Å². The minimum Gasteiger partial charge on any atom is -0.448 e. The fourth-order valence-corrected chi connectivity index (χ4v) is 5.03. The molecule has 2 aromatic carbocycles. The van der Waals surface area contributed by atoms with Crippen LogP contribution in [0.1, 0.15) is 30.2 Å². The molecule has 1 unspecified atom stereocenters. The number of sulfonamides is 1. The number of anilines is 1. The summed E-state index contributed by atoms with van der Waals surface area (Å²) in [5.74, 6) is -0.261. The molecule has 29 heavy (non-hydrogen) atoms. The Morgan fingerprint density at radius 2 is 1.97 bits per heavy atom. The molecule has 0 saturated carbocycles. The molecule has 0 aliphatic carbocycles. The molecule has 7 nitrogen and oxygen atoms in total. The highest BCUT2D eigenvalue weighted by Crippen LogP contribution is 2.31. The number of rotatable bonds is 6. The lowest BCUT2D eigenvalue weighted by Gasteiger charge is -2.18. The Bertz CT molecular complexity index is 1180. The Morgan fingerprint density at radius 1 is 1.17 bits per heavy atom. The minimum absolute atomic E-state index is 0.0721. The van der Waals surface area contributed by atoms with Gasteiger partial charge >= 0.3 is 0 Å². The van der Waals surface area contributed by atoms with Crippen molar-refractivity contribution >= 4 is 49.9 Å². The van der Waals surface area contributed by atoms with Gasteiger partial charge in [0.1, 0.15) is 11.2 Å². The molecule has 148 valence electrons. The lowest BCUT2D eigenvalue weighted by Crippen LogP contribution is -2.29. The van der Waals surface area contributed by atoms with Crippen molar-refractivity contribution in [3.05, 3.63) is 76.0 Å². The number of ketones is 1. The number of carbonyl (C=O) groups excluding carboxylic acids is 1.